The lowest BCUT2D eigenvalue weighted by atomic mass is 10.2. The van der Waals surface area contributed by atoms with Crippen LogP contribution in [0.5, 0.6) is 0 Å². The summed E-state index contributed by atoms with van der Waals surface area (Å²) in [4.78, 5) is -0.834. The Balaban J connectivity index is 2.79. The summed E-state index contributed by atoms with van der Waals surface area (Å²) in [5, 5.41) is 0. The summed E-state index contributed by atoms with van der Waals surface area (Å²) in [6.45, 7) is 10.5. The summed E-state index contributed by atoms with van der Waals surface area (Å²) >= 11 is 0. The van der Waals surface area contributed by atoms with Crippen LogP contribution in [-0.2, 0) is 30.1 Å². The molecule has 2 aromatic carbocycles. The van der Waals surface area contributed by atoms with Gasteiger partial charge < -0.3 is 0 Å². The van der Waals surface area contributed by atoms with Crippen LogP contribution < -0.4 is 4.72 Å². The maximum Gasteiger partial charge on any atom is 0.261 e. The van der Waals surface area contributed by atoms with E-state index in [2.05, 4.69) is 4.72 Å². The van der Waals surface area contributed by atoms with Crippen molar-refractivity contribution in [3.8, 4) is 0 Å². The number of hydrogen-bond donors (Lipinski definition) is 1. The van der Waals surface area contributed by atoms with Gasteiger partial charge >= 0.3 is 0 Å². The Morgan fingerprint density at radius 3 is 1.50 bits per heavy atom. The average Bonchev–Trinajstić information content (AvgIpc) is 2.76. The lowest BCUT2D eigenvalue weighted by Crippen LogP contribution is -2.35. The maximum atomic E-state index is 13.5. The van der Waals surface area contributed by atoms with E-state index >= 15 is 0 Å². The molecule has 0 atom stereocenters. The van der Waals surface area contributed by atoms with Crippen molar-refractivity contribution in [1.29, 1.82) is 0 Å². The number of hydrogen-bond acceptors (Lipinski definition) is 6. The highest BCUT2D eigenvalue weighted by atomic mass is 32.2. The molecule has 0 aliphatic heterocycles. The molecule has 0 heterocycles. The van der Waals surface area contributed by atoms with Crippen molar-refractivity contribution < 1.29 is 25.3 Å². The Hall–Kier alpha value is -1.99. The monoisotopic (exact) mass is 531 g/mol. The first kappa shape index (κ1) is 28.2. The molecule has 12 heteroatoms. The number of nitrogens with zero attached hydrogens (tertiary/aromatic N) is 2. The van der Waals surface area contributed by atoms with Gasteiger partial charge in [-0.3, -0.25) is 4.72 Å². The summed E-state index contributed by atoms with van der Waals surface area (Å²) in [7, 11) is -12.4. The van der Waals surface area contributed by atoms with Gasteiger partial charge in [-0.1, -0.05) is 45.4 Å². The molecule has 34 heavy (non-hydrogen) atoms. The molecule has 9 nitrogen and oxygen atoms in total. The summed E-state index contributed by atoms with van der Waals surface area (Å²) in [6.07, 6.45) is 0. The topological polar surface area (TPSA) is 121 Å². The fourth-order valence-electron chi connectivity index (χ4n) is 3.50. The molecule has 0 spiro atoms. The Labute approximate surface area is 203 Å². The molecule has 0 radical (unpaired) electrons. The van der Waals surface area contributed by atoms with E-state index in [1.54, 1.807) is 39.8 Å². The van der Waals surface area contributed by atoms with Crippen molar-refractivity contribution in [3.63, 3.8) is 0 Å². The second-order valence-electron chi connectivity index (χ2n) is 7.71. The second-order valence-corrected chi connectivity index (χ2v) is 13.2. The van der Waals surface area contributed by atoms with Crippen molar-refractivity contribution in [3.05, 3.63) is 47.5 Å². The maximum absolute atomic E-state index is 13.5. The molecule has 0 saturated carbocycles. The zero-order chi connectivity index (χ0) is 25.9. The SMILES string of the molecule is CCN(CC)S(=O)(=O)c1cc(C)c(NS(=O)(=O)c2ccc(C)cc2)cc1S(=O)(=O)N(CC)CC. The molecule has 0 unspecified atom stereocenters. The third kappa shape index (κ3) is 5.62. The van der Waals surface area contributed by atoms with Crippen LogP contribution >= 0.6 is 0 Å². The Morgan fingerprint density at radius 1 is 0.676 bits per heavy atom. The van der Waals surface area contributed by atoms with Crippen molar-refractivity contribution in [2.24, 2.45) is 0 Å². The van der Waals surface area contributed by atoms with Gasteiger partial charge in [-0.25, -0.2) is 25.3 Å². The Morgan fingerprint density at radius 2 is 1.09 bits per heavy atom. The number of aryl methyl sites for hydroxylation is 2. The van der Waals surface area contributed by atoms with Crippen LogP contribution in [0.3, 0.4) is 0 Å². The number of anilines is 1. The number of nitrogens with one attached hydrogen (secondary N) is 1. The lowest BCUT2D eigenvalue weighted by Gasteiger charge is -2.25. The highest BCUT2D eigenvalue weighted by Crippen LogP contribution is 2.33. The number of rotatable bonds is 11. The molecule has 190 valence electrons. The van der Waals surface area contributed by atoms with Crippen LogP contribution in [0.4, 0.5) is 5.69 Å². The van der Waals surface area contributed by atoms with Gasteiger partial charge in [0, 0.05) is 26.2 Å². The molecule has 0 aromatic heterocycles. The van der Waals surface area contributed by atoms with Gasteiger partial charge in [-0.05, 0) is 43.7 Å². The average molecular weight is 532 g/mol. The van der Waals surface area contributed by atoms with E-state index in [0.29, 0.717) is 0 Å². The number of sulfonamides is 3. The zero-order valence-electron chi connectivity index (χ0n) is 20.4. The van der Waals surface area contributed by atoms with Crippen LogP contribution in [0.2, 0.25) is 0 Å². The predicted molar refractivity (Wildman–Crippen MR) is 133 cm³/mol. The molecule has 0 saturated heterocycles. The van der Waals surface area contributed by atoms with Gasteiger partial charge in [0.1, 0.15) is 9.79 Å². The van der Waals surface area contributed by atoms with Crippen LogP contribution in [0.15, 0.2) is 51.1 Å². The Kier molecular flexibility index (Phi) is 8.92. The summed E-state index contributed by atoms with van der Waals surface area (Å²) in [5.74, 6) is 0. The zero-order valence-corrected chi connectivity index (χ0v) is 22.8. The molecule has 0 fully saturated rings. The largest absolute Gasteiger partial charge is 0.279 e. The van der Waals surface area contributed by atoms with Crippen LogP contribution in [-0.4, -0.2) is 60.0 Å². The van der Waals surface area contributed by atoms with E-state index in [9.17, 15) is 25.3 Å². The first-order valence-electron chi connectivity index (χ1n) is 11.0. The van der Waals surface area contributed by atoms with Gasteiger partial charge in [-0.15, -0.1) is 0 Å². The Bertz CT molecular complexity index is 1330. The van der Waals surface area contributed by atoms with E-state index in [1.165, 1.54) is 29.4 Å². The van der Waals surface area contributed by atoms with Gasteiger partial charge in [0.2, 0.25) is 20.0 Å². The summed E-state index contributed by atoms with van der Waals surface area (Å²) in [6, 6.07) is 8.51. The van der Waals surface area contributed by atoms with E-state index in [1.807, 2.05) is 6.92 Å². The molecule has 2 rings (SSSR count). The van der Waals surface area contributed by atoms with Crippen LogP contribution in [0, 0.1) is 13.8 Å². The van der Waals surface area contributed by atoms with Crippen molar-refractivity contribution in [2.45, 2.75) is 56.2 Å². The summed E-state index contributed by atoms with van der Waals surface area (Å²) in [5.41, 5.74) is 1.15. The molecule has 1 N–H and O–H groups in total. The van der Waals surface area contributed by atoms with E-state index < -0.39 is 35.0 Å². The highest BCUT2D eigenvalue weighted by molar-refractivity contribution is 7.93. The minimum absolute atomic E-state index is 0.00508. The molecular formula is C22H33N3O6S3. The predicted octanol–water partition coefficient (Wildman–Crippen LogP) is 3.17. The number of benzene rings is 2. The fraction of sp³-hybridized carbons (Fsp3) is 0.455. The van der Waals surface area contributed by atoms with E-state index in [4.69, 9.17) is 0 Å². The molecule has 0 bridgehead atoms. The highest BCUT2D eigenvalue weighted by Gasteiger charge is 2.34. The standard InChI is InChI=1S/C22H33N3O6S3/c1-7-24(8-2)33(28,29)21-15-18(6)20(16-22(21)34(30,31)25(9-3)10-4)23-32(26,27)19-13-11-17(5)12-14-19/h11-16,23H,7-10H2,1-6H3. The normalized spacial score (nSPS) is 12.9. The van der Waals surface area contributed by atoms with Crippen molar-refractivity contribution >= 4 is 35.8 Å². The van der Waals surface area contributed by atoms with Gasteiger partial charge in [0.15, 0.2) is 0 Å². The second kappa shape index (κ2) is 10.7. The third-order valence-electron chi connectivity index (χ3n) is 5.51. The fourth-order valence-corrected chi connectivity index (χ4v) is 8.39. The molecule has 0 aliphatic rings. The van der Waals surface area contributed by atoms with Gasteiger partial charge in [-0.2, -0.15) is 8.61 Å². The molecule has 0 aliphatic carbocycles. The molecule has 2 aromatic rings. The van der Waals surface area contributed by atoms with E-state index in [-0.39, 0.29) is 47.2 Å². The van der Waals surface area contributed by atoms with Crippen LogP contribution in [0.25, 0.3) is 0 Å². The first-order valence-corrected chi connectivity index (χ1v) is 15.4. The van der Waals surface area contributed by atoms with Gasteiger partial charge in [0.05, 0.1) is 10.6 Å². The lowest BCUT2D eigenvalue weighted by molar-refractivity contribution is 0.434. The quantitative estimate of drug-likeness (QED) is 0.475. The van der Waals surface area contributed by atoms with Gasteiger partial charge in [0.25, 0.3) is 10.0 Å². The van der Waals surface area contributed by atoms with Crippen molar-refractivity contribution in [1.82, 2.24) is 8.61 Å². The van der Waals surface area contributed by atoms with Crippen molar-refractivity contribution in [2.75, 3.05) is 30.9 Å². The minimum Gasteiger partial charge on any atom is -0.279 e. The molecule has 0 amide bonds. The summed E-state index contributed by atoms with van der Waals surface area (Å²) < 4.78 is 84.3. The third-order valence-corrected chi connectivity index (χ3v) is 11.2. The smallest absolute Gasteiger partial charge is 0.261 e. The van der Waals surface area contributed by atoms with Crippen LogP contribution in [0.1, 0.15) is 38.8 Å². The molecular weight excluding hydrogens is 498 g/mol. The minimum atomic E-state index is -4.24. The van der Waals surface area contributed by atoms with E-state index in [0.717, 1.165) is 15.9 Å². The first-order chi connectivity index (χ1) is 15.8.